The first kappa shape index (κ1) is 13.0. The van der Waals surface area contributed by atoms with Crippen molar-refractivity contribution in [1.82, 2.24) is 4.90 Å². The quantitative estimate of drug-likeness (QED) is 0.760. The molecule has 1 aliphatic heterocycles. The third kappa shape index (κ3) is 2.36. The van der Waals surface area contributed by atoms with Gasteiger partial charge in [0.2, 0.25) is 0 Å². The van der Waals surface area contributed by atoms with E-state index in [9.17, 15) is 4.39 Å². The zero-order chi connectivity index (χ0) is 13.2. The van der Waals surface area contributed by atoms with Crippen LogP contribution < -0.4 is 0 Å². The Morgan fingerprint density at radius 1 is 1.39 bits per heavy atom. The summed E-state index contributed by atoms with van der Waals surface area (Å²) < 4.78 is 24.2. The summed E-state index contributed by atoms with van der Waals surface area (Å²) in [4.78, 5) is 2.03. The highest BCUT2D eigenvalue weighted by atomic mass is 19.1. The number of methoxy groups -OCH3 is 2. The minimum Gasteiger partial charge on any atom is -0.351 e. The molecule has 2 rings (SSSR count). The van der Waals surface area contributed by atoms with E-state index >= 15 is 0 Å². The molecule has 1 aliphatic rings. The number of halogens is 1. The first-order valence-corrected chi connectivity index (χ1v) is 5.63. The molecule has 0 spiro atoms. The van der Waals surface area contributed by atoms with Gasteiger partial charge in [-0.15, -0.1) is 0 Å². The van der Waals surface area contributed by atoms with Crippen molar-refractivity contribution in [3.63, 3.8) is 0 Å². The van der Waals surface area contributed by atoms with Crippen LogP contribution in [0.15, 0.2) is 18.2 Å². The first-order chi connectivity index (χ1) is 8.62. The maximum Gasteiger partial charge on any atom is 0.193 e. The van der Waals surface area contributed by atoms with Crippen LogP contribution >= 0.6 is 0 Å². The Bertz CT molecular complexity index is 472. The molecule has 0 N–H and O–H groups in total. The van der Waals surface area contributed by atoms with E-state index < -0.39 is 5.79 Å². The Morgan fingerprint density at radius 2 is 2.06 bits per heavy atom. The molecular weight excluding hydrogens is 235 g/mol. The number of likely N-dealkylation sites (tertiary alicyclic amines) is 1. The maximum absolute atomic E-state index is 13.7. The second kappa shape index (κ2) is 5.02. The number of ether oxygens (including phenoxy) is 2. The molecule has 1 aromatic carbocycles. The fourth-order valence-corrected chi connectivity index (χ4v) is 2.07. The van der Waals surface area contributed by atoms with Crippen molar-refractivity contribution >= 4 is 0 Å². The van der Waals surface area contributed by atoms with Gasteiger partial charge in [-0.1, -0.05) is 6.07 Å². The van der Waals surface area contributed by atoms with Gasteiger partial charge in [0.1, 0.15) is 5.82 Å². The lowest BCUT2D eigenvalue weighted by atomic mass is 10.0. The minimum atomic E-state index is -0.553. The minimum absolute atomic E-state index is 0.336. The molecule has 1 heterocycles. The lowest BCUT2D eigenvalue weighted by Crippen LogP contribution is -2.63. The summed E-state index contributed by atoms with van der Waals surface area (Å²) in [6.07, 6.45) is 0. The maximum atomic E-state index is 13.7. The molecule has 0 bridgehead atoms. The third-order valence-electron chi connectivity index (χ3n) is 3.25. The molecule has 0 amide bonds. The predicted molar refractivity (Wildman–Crippen MR) is 63.1 cm³/mol. The van der Waals surface area contributed by atoms with Crippen LogP contribution in [0.1, 0.15) is 11.1 Å². The fraction of sp³-hybridized carbons (Fsp3) is 0.462. The van der Waals surface area contributed by atoms with E-state index in [0.717, 1.165) is 0 Å². The van der Waals surface area contributed by atoms with Crippen molar-refractivity contribution in [2.75, 3.05) is 27.3 Å². The predicted octanol–water partition coefficient (Wildman–Crippen LogP) is 1.50. The number of nitriles is 1. The number of benzene rings is 1. The van der Waals surface area contributed by atoms with E-state index in [0.29, 0.717) is 30.8 Å². The molecular formula is C13H15FN2O2. The van der Waals surface area contributed by atoms with Gasteiger partial charge in [0.15, 0.2) is 5.79 Å². The Hall–Kier alpha value is -1.48. The van der Waals surface area contributed by atoms with Crippen LogP contribution in [0.25, 0.3) is 0 Å². The molecule has 18 heavy (non-hydrogen) atoms. The smallest absolute Gasteiger partial charge is 0.193 e. The molecule has 5 heteroatoms. The fourth-order valence-electron chi connectivity index (χ4n) is 2.07. The van der Waals surface area contributed by atoms with Gasteiger partial charge in [-0.2, -0.15) is 5.26 Å². The largest absolute Gasteiger partial charge is 0.351 e. The van der Waals surface area contributed by atoms with Crippen molar-refractivity contribution < 1.29 is 13.9 Å². The molecule has 1 saturated heterocycles. The normalized spacial score (nSPS) is 18.1. The first-order valence-electron chi connectivity index (χ1n) is 5.63. The lowest BCUT2D eigenvalue weighted by molar-refractivity contribution is -0.277. The summed E-state index contributed by atoms with van der Waals surface area (Å²) in [5.74, 6) is -0.898. The lowest BCUT2D eigenvalue weighted by Gasteiger charge is -2.47. The summed E-state index contributed by atoms with van der Waals surface area (Å²) >= 11 is 0. The molecule has 1 aromatic rings. The van der Waals surface area contributed by atoms with Crippen LogP contribution in [0.2, 0.25) is 0 Å². The van der Waals surface area contributed by atoms with E-state index in [2.05, 4.69) is 0 Å². The standard InChI is InChI=1S/C13H15FN2O2/c1-17-13(18-2)8-16(9-13)7-11-4-3-10(6-15)5-12(11)14/h3-5H,7-9H2,1-2H3. The van der Waals surface area contributed by atoms with E-state index in [1.54, 1.807) is 26.4 Å². The molecule has 0 unspecified atom stereocenters. The van der Waals surface area contributed by atoms with Crippen molar-refractivity contribution in [3.8, 4) is 6.07 Å². The van der Waals surface area contributed by atoms with Gasteiger partial charge in [-0.25, -0.2) is 4.39 Å². The van der Waals surface area contributed by atoms with Gasteiger partial charge >= 0.3 is 0 Å². The molecule has 96 valence electrons. The average Bonchev–Trinajstić information content (AvgIpc) is 2.35. The number of hydrogen-bond acceptors (Lipinski definition) is 4. The third-order valence-corrected chi connectivity index (χ3v) is 3.25. The van der Waals surface area contributed by atoms with E-state index in [1.807, 2.05) is 11.0 Å². The molecule has 0 radical (unpaired) electrons. The highest BCUT2D eigenvalue weighted by molar-refractivity contribution is 5.32. The van der Waals surface area contributed by atoms with E-state index in [4.69, 9.17) is 14.7 Å². The topological polar surface area (TPSA) is 45.5 Å². The van der Waals surface area contributed by atoms with Gasteiger partial charge in [0.05, 0.1) is 24.7 Å². The Morgan fingerprint density at radius 3 is 2.56 bits per heavy atom. The summed E-state index contributed by atoms with van der Waals surface area (Å²) in [7, 11) is 3.20. The summed E-state index contributed by atoms with van der Waals surface area (Å²) in [5.41, 5.74) is 0.915. The molecule has 1 fully saturated rings. The highest BCUT2D eigenvalue weighted by Gasteiger charge is 2.43. The summed E-state index contributed by atoms with van der Waals surface area (Å²) in [5, 5.41) is 8.66. The Labute approximate surface area is 106 Å². The second-order valence-electron chi connectivity index (χ2n) is 4.38. The number of nitrogens with zero attached hydrogens (tertiary/aromatic N) is 2. The van der Waals surface area contributed by atoms with Crippen molar-refractivity contribution in [3.05, 3.63) is 35.1 Å². The zero-order valence-corrected chi connectivity index (χ0v) is 10.4. The second-order valence-corrected chi connectivity index (χ2v) is 4.38. The Balaban J connectivity index is 1.99. The highest BCUT2D eigenvalue weighted by Crippen LogP contribution is 2.27. The Kier molecular flexibility index (Phi) is 3.62. The number of rotatable bonds is 4. The van der Waals surface area contributed by atoms with Gasteiger partial charge < -0.3 is 9.47 Å². The summed E-state index contributed by atoms with van der Waals surface area (Å²) in [6, 6.07) is 6.44. The van der Waals surface area contributed by atoms with Gasteiger partial charge in [-0.3, -0.25) is 4.90 Å². The monoisotopic (exact) mass is 250 g/mol. The van der Waals surface area contributed by atoms with Gasteiger partial charge in [0.25, 0.3) is 0 Å². The molecule has 0 aliphatic carbocycles. The zero-order valence-electron chi connectivity index (χ0n) is 10.4. The van der Waals surface area contributed by atoms with E-state index in [-0.39, 0.29) is 5.82 Å². The van der Waals surface area contributed by atoms with Crippen molar-refractivity contribution in [1.29, 1.82) is 5.26 Å². The van der Waals surface area contributed by atoms with Crippen molar-refractivity contribution in [2.45, 2.75) is 12.3 Å². The van der Waals surface area contributed by atoms with Crippen LogP contribution in [0.5, 0.6) is 0 Å². The molecule has 0 saturated carbocycles. The van der Waals surface area contributed by atoms with Gasteiger partial charge in [-0.05, 0) is 12.1 Å². The van der Waals surface area contributed by atoms with Crippen molar-refractivity contribution in [2.24, 2.45) is 0 Å². The molecule has 0 aromatic heterocycles. The molecule has 0 atom stereocenters. The SMILES string of the molecule is COC1(OC)CN(Cc2ccc(C#N)cc2F)C1. The van der Waals surface area contributed by atoms with Gasteiger partial charge in [0, 0.05) is 26.3 Å². The van der Waals surface area contributed by atoms with E-state index in [1.165, 1.54) is 6.07 Å². The summed E-state index contributed by atoms with van der Waals surface area (Å²) in [6.45, 7) is 1.71. The van der Waals surface area contributed by atoms with Crippen LogP contribution in [-0.4, -0.2) is 38.0 Å². The van der Waals surface area contributed by atoms with Crippen LogP contribution in [0, 0.1) is 17.1 Å². The molecule has 4 nitrogen and oxygen atoms in total. The number of hydrogen-bond donors (Lipinski definition) is 0. The van der Waals surface area contributed by atoms with Crippen LogP contribution in [0.3, 0.4) is 0 Å². The van der Waals surface area contributed by atoms with Crippen LogP contribution in [0.4, 0.5) is 4.39 Å². The van der Waals surface area contributed by atoms with Crippen LogP contribution in [-0.2, 0) is 16.0 Å². The average molecular weight is 250 g/mol.